The molecule has 1 saturated heterocycles. The Morgan fingerprint density at radius 2 is 1.92 bits per heavy atom. The fourth-order valence-electron chi connectivity index (χ4n) is 3.88. The van der Waals surface area contributed by atoms with Gasteiger partial charge in [-0.2, -0.15) is 0 Å². The van der Waals surface area contributed by atoms with Crippen molar-refractivity contribution in [1.29, 1.82) is 0 Å². The number of aromatic nitrogens is 1. The molecule has 3 aromatic rings. The summed E-state index contributed by atoms with van der Waals surface area (Å²) < 4.78 is 54.3. The van der Waals surface area contributed by atoms with Crippen molar-refractivity contribution in [2.75, 3.05) is 25.5 Å². The Morgan fingerprint density at radius 1 is 1.19 bits per heavy atom. The van der Waals surface area contributed by atoms with Gasteiger partial charge >= 0.3 is 6.09 Å². The Bertz CT molecular complexity index is 1380. The third-order valence-corrected chi connectivity index (χ3v) is 7.51. The lowest BCUT2D eigenvalue weighted by Crippen LogP contribution is -2.33. The minimum Gasteiger partial charge on any atom is -0.444 e. The van der Waals surface area contributed by atoms with Crippen LogP contribution < -0.4 is 5.32 Å². The van der Waals surface area contributed by atoms with Crippen LogP contribution in [0.25, 0.3) is 11.3 Å². The number of benzene rings is 2. The molecule has 1 fully saturated rings. The molecule has 4 rings (SSSR count). The highest BCUT2D eigenvalue weighted by atomic mass is 32.2. The molecule has 0 radical (unpaired) electrons. The Kier molecular flexibility index (Phi) is 7.61. The zero-order chi connectivity index (χ0) is 26.8. The number of carbonyl (C=O) groups is 1. The molecule has 0 spiro atoms. The molecule has 37 heavy (non-hydrogen) atoms. The van der Waals surface area contributed by atoms with Gasteiger partial charge in [0, 0.05) is 37.6 Å². The molecular formula is C27H32FN3O5S. The van der Waals surface area contributed by atoms with Gasteiger partial charge in [-0.15, -0.1) is 0 Å². The maximum Gasteiger partial charge on any atom is 0.410 e. The summed E-state index contributed by atoms with van der Waals surface area (Å²) in [6, 6.07) is 14.0. The fraction of sp³-hybridized carbons (Fsp3) is 0.370. The summed E-state index contributed by atoms with van der Waals surface area (Å²) in [5, 5.41) is 3.21. The molecule has 1 N–H and O–H groups in total. The first-order valence-corrected chi connectivity index (χ1v) is 13.5. The van der Waals surface area contributed by atoms with Crippen molar-refractivity contribution in [3.8, 4) is 11.3 Å². The predicted molar refractivity (Wildman–Crippen MR) is 139 cm³/mol. The minimum absolute atomic E-state index is 0.0484. The van der Waals surface area contributed by atoms with Gasteiger partial charge in [0.05, 0.1) is 23.2 Å². The maximum absolute atomic E-state index is 14.8. The van der Waals surface area contributed by atoms with Gasteiger partial charge in [0.25, 0.3) is 10.0 Å². The van der Waals surface area contributed by atoms with Crippen molar-refractivity contribution in [2.45, 2.75) is 50.3 Å². The van der Waals surface area contributed by atoms with E-state index in [4.69, 9.17) is 9.47 Å². The number of ether oxygens (including phenoxy) is 2. The minimum atomic E-state index is -4.11. The van der Waals surface area contributed by atoms with Crippen molar-refractivity contribution in [1.82, 2.24) is 8.87 Å². The molecule has 1 aliphatic rings. The van der Waals surface area contributed by atoms with Gasteiger partial charge in [-0.25, -0.2) is 21.6 Å². The first-order chi connectivity index (χ1) is 17.4. The molecule has 0 saturated carbocycles. The van der Waals surface area contributed by atoms with E-state index in [2.05, 4.69) is 5.32 Å². The molecule has 2 aromatic carbocycles. The zero-order valence-electron chi connectivity index (χ0n) is 21.4. The third kappa shape index (κ3) is 6.31. The first kappa shape index (κ1) is 26.7. The standard InChI is InChI=1S/C27H32FN3O5S/c1-27(2,3)36-26(32)30(4)17-19-14-25(23-10-5-6-11-24(23)28)31(18-19)37(33,34)22-9-7-8-20(15-22)29-16-21-12-13-35-21/h5-11,14-15,18,21,29H,12-13,16-17H2,1-4H3. The van der Waals surface area contributed by atoms with Crippen molar-refractivity contribution in [3.05, 3.63) is 72.2 Å². The number of hydrogen-bond acceptors (Lipinski definition) is 6. The lowest BCUT2D eigenvalue weighted by molar-refractivity contribution is -0.0410. The summed E-state index contributed by atoms with van der Waals surface area (Å²) in [5.74, 6) is -0.556. The van der Waals surface area contributed by atoms with Gasteiger partial charge in [0.15, 0.2) is 0 Å². The molecule has 1 aliphatic heterocycles. The maximum atomic E-state index is 14.8. The van der Waals surface area contributed by atoms with E-state index in [0.29, 0.717) is 17.8 Å². The van der Waals surface area contributed by atoms with E-state index in [1.807, 2.05) is 0 Å². The van der Waals surface area contributed by atoms with Gasteiger partial charge in [0.1, 0.15) is 11.4 Å². The van der Waals surface area contributed by atoms with Gasteiger partial charge in [-0.05, 0) is 69.2 Å². The van der Waals surface area contributed by atoms with Crippen LogP contribution in [-0.2, 0) is 26.0 Å². The average molecular weight is 530 g/mol. The van der Waals surface area contributed by atoms with E-state index in [9.17, 15) is 17.6 Å². The number of anilines is 1. The van der Waals surface area contributed by atoms with Crippen LogP contribution in [0.5, 0.6) is 0 Å². The van der Waals surface area contributed by atoms with E-state index in [0.717, 1.165) is 17.0 Å². The highest BCUT2D eigenvalue weighted by Crippen LogP contribution is 2.30. The first-order valence-electron chi connectivity index (χ1n) is 12.1. The molecule has 1 atom stereocenters. The number of hydrogen-bond donors (Lipinski definition) is 1. The van der Waals surface area contributed by atoms with Crippen LogP contribution in [0.2, 0.25) is 0 Å². The lowest BCUT2D eigenvalue weighted by atomic mass is 10.1. The van der Waals surface area contributed by atoms with Crippen LogP contribution in [0, 0.1) is 5.82 Å². The molecule has 10 heteroatoms. The predicted octanol–water partition coefficient (Wildman–Crippen LogP) is 5.10. The largest absolute Gasteiger partial charge is 0.444 e. The number of halogens is 1. The number of rotatable bonds is 8. The topological polar surface area (TPSA) is 89.9 Å². The van der Waals surface area contributed by atoms with Crippen LogP contribution in [0.1, 0.15) is 32.8 Å². The summed E-state index contributed by atoms with van der Waals surface area (Å²) in [6.07, 6.45) is 1.94. The quantitative estimate of drug-likeness (QED) is 0.437. The smallest absolute Gasteiger partial charge is 0.410 e. The van der Waals surface area contributed by atoms with Crippen molar-refractivity contribution in [3.63, 3.8) is 0 Å². The number of amides is 1. The third-order valence-electron chi connectivity index (χ3n) is 5.84. The molecular weight excluding hydrogens is 497 g/mol. The Hall–Kier alpha value is -3.37. The van der Waals surface area contributed by atoms with Crippen LogP contribution in [-0.4, -0.2) is 55.3 Å². The number of nitrogens with one attached hydrogen (secondary N) is 1. The van der Waals surface area contributed by atoms with Crippen molar-refractivity contribution >= 4 is 21.8 Å². The van der Waals surface area contributed by atoms with Crippen LogP contribution in [0.15, 0.2) is 65.7 Å². The lowest BCUT2D eigenvalue weighted by Gasteiger charge is -2.26. The van der Waals surface area contributed by atoms with Gasteiger partial charge < -0.3 is 19.7 Å². The van der Waals surface area contributed by atoms with Crippen LogP contribution in [0.3, 0.4) is 0 Å². The molecule has 1 amide bonds. The van der Waals surface area contributed by atoms with E-state index in [1.54, 1.807) is 64.2 Å². The highest BCUT2D eigenvalue weighted by molar-refractivity contribution is 7.90. The second-order valence-electron chi connectivity index (χ2n) is 10.0. The summed E-state index contributed by atoms with van der Waals surface area (Å²) in [7, 11) is -2.55. The summed E-state index contributed by atoms with van der Waals surface area (Å²) in [5.41, 5.74) is 0.760. The van der Waals surface area contributed by atoms with Crippen molar-refractivity contribution in [2.24, 2.45) is 0 Å². The number of nitrogens with zero attached hydrogens (tertiary/aromatic N) is 2. The highest BCUT2D eigenvalue weighted by Gasteiger charge is 2.26. The Labute approximate surface area is 217 Å². The fourth-order valence-corrected chi connectivity index (χ4v) is 5.32. The van der Waals surface area contributed by atoms with Gasteiger partial charge in [0.2, 0.25) is 0 Å². The summed E-state index contributed by atoms with van der Waals surface area (Å²) in [6.45, 7) is 6.68. The van der Waals surface area contributed by atoms with E-state index >= 15 is 0 Å². The second kappa shape index (κ2) is 10.5. The van der Waals surface area contributed by atoms with E-state index in [-0.39, 0.29) is 28.8 Å². The molecule has 0 aliphatic carbocycles. The number of carbonyl (C=O) groups excluding carboxylic acids is 1. The summed E-state index contributed by atoms with van der Waals surface area (Å²) >= 11 is 0. The summed E-state index contributed by atoms with van der Waals surface area (Å²) in [4.78, 5) is 13.9. The Balaban J connectivity index is 1.68. The molecule has 198 valence electrons. The normalized spacial score (nSPS) is 15.6. The Morgan fingerprint density at radius 3 is 2.57 bits per heavy atom. The van der Waals surface area contributed by atoms with Gasteiger partial charge in [-0.1, -0.05) is 18.2 Å². The SMILES string of the molecule is CN(Cc1cc(-c2ccccc2F)n(S(=O)(=O)c2cccc(NCC3CCO3)c2)c1)C(=O)OC(C)(C)C. The van der Waals surface area contributed by atoms with Crippen molar-refractivity contribution < 1.29 is 27.1 Å². The zero-order valence-corrected chi connectivity index (χ0v) is 22.2. The molecule has 0 bridgehead atoms. The van der Waals surface area contributed by atoms with Gasteiger partial charge in [-0.3, -0.25) is 0 Å². The van der Waals surface area contributed by atoms with E-state index in [1.165, 1.54) is 29.3 Å². The molecule has 8 nitrogen and oxygen atoms in total. The van der Waals surface area contributed by atoms with Crippen LogP contribution in [0.4, 0.5) is 14.9 Å². The molecule has 2 heterocycles. The average Bonchev–Trinajstić information content (AvgIpc) is 3.22. The second-order valence-corrected chi connectivity index (χ2v) is 11.9. The van der Waals surface area contributed by atoms with E-state index < -0.39 is 27.5 Å². The molecule has 1 unspecified atom stereocenters. The monoisotopic (exact) mass is 529 g/mol. The van der Waals surface area contributed by atoms with Crippen LogP contribution >= 0.6 is 0 Å². The molecule has 1 aromatic heterocycles.